The van der Waals surface area contributed by atoms with Crippen LogP contribution in [0.15, 0.2) is 24.8 Å². The topological polar surface area (TPSA) is 0 Å². The van der Waals surface area contributed by atoms with Crippen LogP contribution in [-0.2, 0) is 0 Å². The molecule has 0 nitrogen and oxygen atoms in total. The summed E-state index contributed by atoms with van der Waals surface area (Å²) in [6.07, 6.45) is 6.11. The molecule has 0 saturated heterocycles. The fraction of sp³-hybridized carbons (Fsp3) is 0.412. The lowest BCUT2D eigenvalue weighted by Gasteiger charge is -2.08. The van der Waals surface area contributed by atoms with Gasteiger partial charge in [0.05, 0.1) is 0 Å². The summed E-state index contributed by atoms with van der Waals surface area (Å²) in [6.45, 7) is 18.1. The molecule has 1 rings (SSSR count). The zero-order valence-corrected chi connectivity index (χ0v) is 12.6. The van der Waals surface area contributed by atoms with Crippen LogP contribution in [0.3, 0.4) is 0 Å². The first-order valence-electron chi connectivity index (χ1n) is 6.56. The van der Waals surface area contributed by atoms with Crippen molar-refractivity contribution in [3.63, 3.8) is 0 Å². The predicted octanol–water partition coefficient (Wildman–Crippen LogP) is 6.03. The van der Waals surface area contributed by atoms with Gasteiger partial charge in [-0.15, -0.1) is 0 Å². The molecule has 0 saturated carbocycles. The van der Waals surface area contributed by atoms with E-state index < -0.39 is 0 Å². The van der Waals surface area contributed by atoms with E-state index in [9.17, 15) is 0 Å². The van der Waals surface area contributed by atoms with Crippen LogP contribution < -0.4 is 0 Å². The molecule has 96 valence electrons. The summed E-state index contributed by atoms with van der Waals surface area (Å²) >= 11 is 0. The van der Waals surface area contributed by atoms with Crippen molar-refractivity contribution >= 4 is 12.2 Å². The maximum Gasteiger partial charge on any atom is -0.0156 e. The van der Waals surface area contributed by atoms with Gasteiger partial charge in [-0.1, -0.05) is 64.6 Å². The van der Waals surface area contributed by atoms with Gasteiger partial charge in [0.25, 0.3) is 0 Å². The van der Waals surface area contributed by atoms with Crippen LogP contribution in [0.4, 0.5) is 0 Å². The summed E-state index contributed by atoms with van der Waals surface area (Å²) in [5, 5.41) is 0. The largest absolute Gasteiger partial charge is 0.0984 e. The van der Waals surface area contributed by atoms with Crippen LogP contribution in [0.1, 0.15) is 56.9 Å². The smallest absolute Gasteiger partial charge is 0.0156 e. The van der Waals surface area contributed by atoms with Gasteiger partial charge in [-0.2, -0.15) is 0 Å². The maximum atomic E-state index is 3.81. The summed E-state index contributed by atoms with van der Waals surface area (Å²) in [4.78, 5) is 0. The van der Waals surface area contributed by atoms with Gasteiger partial charge < -0.3 is 0 Å². The SMILES string of the molecule is C=Cc1ccc(C)c(C)c1/C=C\C.CC.CC. The minimum atomic E-state index is 1.21. The highest BCUT2D eigenvalue weighted by atomic mass is 14.1. The number of hydrogen-bond donors (Lipinski definition) is 0. The Bertz CT molecular complexity index is 343. The quantitative estimate of drug-likeness (QED) is 0.584. The Morgan fingerprint density at radius 1 is 1.00 bits per heavy atom. The minimum Gasteiger partial charge on any atom is -0.0984 e. The maximum absolute atomic E-state index is 3.81. The summed E-state index contributed by atoms with van der Waals surface area (Å²) in [5.74, 6) is 0. The highest BCUT2D eigenvalue weighted by Gasteiger charge is 2.01. The van der Waals surface area contributed by atoms with E-state index in [1.807, 2.05) is 40.7 Å². The first-order valence-corrected chi connectivity index (χ1v) is 6.56. The van der Waals surface area contributed by atoms with Gasteiger partial charge in [-0.05, 0) is 43.0 Å². The first-order chi connectivity index (χ1) is 8.20. The lowest BCUT2D eigenvalue weighted by atomic mass is 9.97. The molecule has 1 aromatic rings. The zero-order valence-electron chi connectivity index (χ0n) is 12.6. The highest BCUT2D eigenvalue weighted by Crippen LogP contribution is 2.20. The fourth-order valence-corrected chi connectivity index (χ4v) is 1.42. The molecule has 0 bridgehead atoms. The van der Waals surface area contributed by atoms with E-state index in [0.717, 1.165) is 0 Å². The van der Waals surface area contributed by atoms with Gasteiger partial charge in [0, 0.05) is 0 Å². The van der Waals surface area contributed by atoms with Crippen molar-refractivity contribution in [1.82, 2.24) is 0 Å². The van der Waals surface area contributed by atoms with Crippen molar-refractivity contribution in [2.75, 3.05) is 0 Å². The molecule has 0 N–H and O–H groups in total. The average molecular weight is 232 g/mol. The van der Waals surface area contributed by atoms with Crippen LogP contribution in [-0.4, -0.2) is 0 Å². The second-order valence-corrected chi connectivity index (χ2v) is 3.21. The Morgan fingerprint density at radius 3 is 1.94 bits per heavy atom. The van der Waals surface area contributed by atoms with Crippen LogP contribution in [0, 0.1) is 13.8 Å². The van der Waals surface area contributed by atoms with Gasteiger partial charge in [-0.3, -0.25) is 0 Å². The lowest BCUT2D eigenvalue weighted by molar-refractivity contribution is 1.32. The molecule has 0 heterocycles. The molecule has 0 aliphatic rings. The number of rotatable bonds is 2. The van der Waals surface area contributed by atoms with Crippen molar-refractivity contribution in [2.24, 2.45) is 0 Å². The third-order valence-corrected chi connectivity index (χ3v) is 2.37. The Labute approximate surface area is 108 Å². The standard InChI is InChI=1S/C13H16.2C2H6/c1-5-7-13-11(4)10(3)8-9-12(13)6-2;2*1-2/h5-9H,2H2,1,3-4H3;2*1-2H3/b7-5-;;. The molecular formula is C17H28. The third kappa shape index (κ3) is 5.53. The van der Waals surface area contributed by atoms with E-state index in [0.29, 0.717) is 0 Å². The molecule has 0 radical (unpaired) electrons. The molecule has 0 heteroatoms. The molecule has 0 aliphatic heterocycles. The molecule has 17 heavy (non-hydrogen) atoms. The molecule has 0 aliphatic carbocycles. The first kappa shape index (κ1) is 18.1. The van der Waals surface area contributed by atoms with Gasteiger partial charge in [0.1, 0.15) is 0 Å². The second kappa shape index (κ2) is 11.2. The molecular weight excluding hydrogens is 204 g/mol. The monoisotopic (exact) mass is 232 g/mol. The number of hydrogen-bond acceptors (Lipinski definition) is 0. The lowest BCUT2D eigenvalue weighted by Crippen LogP contribution is -1.89. The normalized spacial score (nSPS) is 8.88. The Morgan fingerprint density at radius 2 is 1.53 bits per heavy atom. The van der Waals surface area contributed by atoms with Crippen molar-refractivity contribution < 1.29 is 0 Å². The molecule has 0 aromatic heterocycles. The summed E-state index contributed by atoms with van der Waals surface area (Å²) < 4.78 is 0. The number of aryl methyl sites for hydroxylation is 1. The molecule has 0 amide bonds. The Kier molecular flexibility index (Phi) is 11.9. The third-order valence-electron chi connectivity index (χ3n) is 2.37. The average Bonchev–Trinajstić information content (AvgIpc) is 2.40. The van der Waals surface area contributed by atoms with Crippen LogP contribution in [0.2, 0.25) is 0 Å². The van der Waals surface area contributed by atoms with Crippen LogP contribution in [0.5, 0.6) is 0 Å². The van der Waals surface area contributed by atoms with Gasteiger partial charge in [-0.25, -0.2) is 0 Å². The van der Waals surface area contributed by atoms with Crippen molar-refractivity contribution in [1.29, 1.82) is 0 Å². The number of allylic oxidation sites excluding steroid dienone is 1. The van der Waals surface area contributed by atoms with E-state index in [-0.39, 0.29) is 0 Å². The fourth-order valence-electron chi connectivity index (χ4n) is 1.42. The van der Waals surface area contributed by atoms with Crippen LogP contribution >= 0.6 is 0 Å². The summed E-state index contributed by atoms with van der Waals surface area (Å²) in [7, 11) is 0. The van der Waals surface area contributed by atoms with Gasteiger partial charge >= 0.3 is 0 Å². The van der Waals surface area contributed by atoms with Gasteiger partial charge in [0.2, 0.25) is 0 Å². The zero-order chi connectivity index (χ0) is 13.8. The Balaban J connectivity index is 0. The Hall–Kier alpha value is -1.30. The van der Waals surface area contributed by atoms with Crippen molar-refractivity contribution in [3.05, 3.63) is 47.0 Å². The minimum absolute atomic E-state index is 1.21. The molecule has 0 fully saturated rings. The molecule has 0 unspecified atom stereocenters. The second-order valence-electron chi connectivity index (χ2n) is 3.21. The number of benzene rings is 1. The summed E-state index contributed by atoms with van der Waals surface area (Å²) in [5.41, 5.74) is 5.17. The molecule has 1 aromatic carbocycles. The predicted molar refractivity (Wildman–Crippen MR) is 83.4 cm³/mol. The highest BCUT2D eigenvalue weighted by molar-refractivity contribution is 5.68. The molecule has 0 atom stereocenters. The van der Waals surface area contributed by atoms with E-state index in [1.165, 1.54) is 22.3 Å². The van der Waals surface area contributed by atoms with E-state index in [1.54, 1.807) is 0 Å². The van der Waals surface area contributed by atoms with E-state index >= 15 is 0 Å². The summed E-state index contributed by atoms with van der Waals surface area (Å²) in [6, 6.07) is 4.25. The van der Waals surface area contributed by atoms with Gasteiger partial charge in [0.15, 0.2) is 0 Å². The van der Waals surface area contributed by atoms with Crippen molar-refractivity contribution in [3.8, 4) is 0 Å². The van der Waals surface area contributed by atoms with Crippen LogP contribution in [0.25, 0.3) is 12.2 Å². The molecule has 0 spiro atoms. The van der Waals surface area contributed by atoms with E-state index in [4.69, 9.17) is 0 Å². The van der Waals surface area contributed by atoms with Crippen molar-refractivity contribution in [2.45, 2.75) is 48.5 Å². The van der Waals surface area contributed by atoms with E-state index in [2.05, 4.69) is 44.7 Å².